The number of imidazole rings is 1. The highest BCUT2D eigenvalue weighted by Gasteiger charge is 2.22. The van der Waals surface area contributed by atoms with Gasteiger partial charge in [0.05, 0.1) is 25.6 Å². The van der Waals surface area contributed by atoms with Gasteiger partial charge in [0.25, 0.3) is 0 Å². The second kappa shape index (κ2) is 12.9. The van der Waals surface area contributed by atoms with Crippen LogP contribution in [0, 0.1) is 5.92 Å². The summed E-state index contributed by atoms with van der Waals surface area (Å²) in [7, 11) is 3.36. The third-order valence-electron chi connectivity index (χ3n) is 6.72. The van der Waals surface area contributed by atoms with Gasteiger partial charge in [-0.3, -0.25) is 4.79 Å². The largest absolute Gasteiger partial charge is 0.497 e. The van der Waals surface area contributed by atoms with Crippen molar-refractivity contribution in [1.82, 2.24) is 14.9 Å². The summed E-state index contributed by atoms with van der Waals surface area (Å²) in [6.45, 7) is 3.69. The van der Waals surface area contributed by atoms with E-state index in [1.807, 2.05) is 24.3 Å². The number of amides is 1. The quantitative estimate of drug-likeness (QED) is 0.239. The molecule has 0 radical (unpaired) electrons. The van der Waals surface area contributed by atoms with E-state index in [2.05, 4.69) is 41.1 Å². The van der Waals surface area contributed by atoms with E-state index in [1.54, 1.807) is 26.0 Å². The Kier molecular flexibility index (Phi) is 9.34. The zero-order valence-corrected chi connectivity index (χ0v) is 22.4. The lowest BCUT2D eigenvalue weighted by Gasteiger charge is -2.20. The van der Waals surface area contributed by atoms with Gasteiger partial charge < -0.3 is 19.4 Å². The molecule has 0 unspecified atom stereocenters. The van der Waals surface area contributed by atoms with Crippen LogP contribution in [0.2, 0.25) is 0 Å². The van der Waals surface area contributed by atoms with Crippen molar-refractivity contribution in [3.8, 4) is 34.0 Å². The lowest BCUT2D eigenvalue weighted by atomic mass is 9.89. The predicted molar refractivity (Wildman–Crippen MR) is 147 cm³/mol. The van der Waals surface area contributed by atoms with Crippen LogP contribution in [0.4, 0.5) is 0 Å². The van der Waals surface area contributed by atoms with Crippen molar-refractivity contribution in [1.29, 1.82) is 0 Å². The number of carbonyl (C=O) groups excluding carboxylic acids is 1. The fourth-order valence-electron chi connectivity index (χ4n) is 4.79. The van der Waals surface area contributed by atoms with Crippen molar-refractivity contribution in [2.24, 2.45) is 5.92 Å². The second-order valence-electron chi connectivity index (χ2n) is 9.17. The molecular weight excluding hydrogens is 470 g/mol. The molecule has 0 spiro atoms. The SMILES string of the molecule is CCCn1c(SCCNC(=O)C2CCCCC2)nc(-c2ccc(OC)cc2)c1-c1ccc(OC)cc1. The molecule has 2 aromatic carbocycles. The van der Waals surface area contributed by atoms with Crippen LogP contribution in [0.1, 0.15) is 45.4 Å². The van der Waals surface area contributed by atoms with Crippen LogP contribution >= 0.6 is 11.8 Å². The van der Waals surface area contributed by atoms with E-state index in [9.17, 15) is 4.79 Å². The summed E-state index contributed by atoms with van der Waals surface area (Å²) in [5, 5.41) is 4.13. The van der Waals surface area contributed by atoms with E-state index in [-0.39, 0.29) is 11.8 Å². The molecule has 6 nitrogen and oxygen atoms in total. The molecule has 3 aromatic rings. The maximum atomic E-state index is 12.6. The summed E-state index contributed by atoms with van der Waals surface area (Å²) in [6, 6.07) is 16.2. The van der Waals surface area contributed by atoms with E-state index in [1.165, 1.54) is 19.3 Å². The smallest absolute Gasteiger partial charge is 0.223 e. The third kappa shape index (κ3) is 6.25. The molecule has 1 N–H and O–H groups in total. The van der Waals surface area contributed by atoms with Crippen LogP contribution in [-0.2, 0) is 11.3 Å². The first kappa shape index (κ1) is 26.1. The Balaban J connectivity index is 1.59. The maximum absolute atomic E-state index is 12.6. The number of aromatic nitrogens is 2. The van der Waals surface area contributed by atoms with Crippen molar-refractivity contribution < 1.29 is 14.3 Å². The Hall–Kier alpha value is -2.93. The second-order valence-corrected chi connectivity index (χ2v) is 10.2. The molecular formula is C29H37N3O3S. The summed E-state index contributed by atoms with van der Waals surface area (Å²) in [4.78, 5) is 17.7. The first-order chi connectivity index (χ1) is 17.6. The van der Waals surface area contributed by atoms with Gasteiger partial charge in [-0.15, -0.1) is 0 Å². The number of benzene rings is 2. The number of hydrogen-bond acceptors (Lipinski definition) is 5. The summed E-state index contributed by atoms with van der Waals surface area (Å²) >= 11 is 1.70. The number of hydrogen-bond donors (Lipinski definition) is 1. The lowest BCUT2D eigenvalue weighted by molar-refractivity contribution is -0.125. The van der Waals surface area contributed by atoms with Crippen LogP contribution in [0.15, 0.2) is 53.7 Å². The molecule has 1 aliphatic carbocycles. The van der Waals surface area contributed by atoms with E-state index in [4.69, 9.17) is 14.5 Å². The van der Waals surface area contributed by atoms with Crippen LogP contribution in [0.25, 0.3) is 22.5 Å². The van der Waals surface area contributed by atoms with Gasteiger partial charge in [-0.05, 0) is 67.8 Å². The normalized spacial score (nSPS) is 14.0. The van der Waals surface area contributed by atoms with Crippen molar-refractivity contribution in [2.45, 2.75) is 57.1 Å². The number of methoxy groups -OCH3 is 2. The van der Waals surface area contributed by atoms with Gasteiger partial charge in [0.1, 0.15) is 11.5 Å². The van der Waals surface area contributed by atoms with Crippen molar-refractivity contribution in [3.63, 3.8) is 0 Å². The molecule has 192 valence electrons. The number of thioether (sulfide) groups is 1. The molecule has 4 rings (SSSR count). The molecule has 36 heavy (non-hydrogen) atoms. The predicted octanol–water partition coefficient (Wildman–Crippen LogP) is 6.43. The van der Waals surface area contributed by atoms with Crippen molar-refractivity contribution in [2.75, 3.05) is 26.5 Å². The van der Waals surface area contributed by atoms with Gasteiger partial charge in [-0.1, -0.05) is 37.9 Å². The van der Waals surface area contributed by atoms with Gasteiger partial charge in [0.2, 0.25) is 5.91 Å². The first-order valence-corrected chi connectivity index (χ1v) is 13.9. The number of nitrogens with zero attached hydrogens (tertiary/aromatic N) is 2. The summed E-state index contributed by atoms with van der Waals surface area (Å²) in [5.41, 5.74) is 4.19. The number of carbonyl (C=O) groups is 1. The van der Waals surface area contributed by atoms with Gasteiger partial charge in [0.15, 0.2) is 5.16 Å². The standard InChI is InChI=1S/C29H37N3O3S/c1-4-19-32-27(22-12-16-25(35-3)17-13-22)26(21-10-14-24(34-2)15-11-21)31-29(32)36-20-18-30-28(33)23-8-6-5-7-9-23/h10-17,23H,4-9,18-20H2,1-3H3,(H,30,33). The molecule has 0 atom stereocenters. The third-order valence-corrected chi connectivity index (χ3v) is 7.69. The number of rotatable bonds is 11. The van der Waals surface area contributed by atoms with Gasteiger partial charge in [-0.25, -0.2) is 4.98 Å². The van der Waals surface area contributed by atoms with E-state index < -0.39 is 0 Å². The maximum Gasteiger partial charge on any atom is 0.223 e. The van der Waals surface area contributed by atoms with Crippen molar-refractivity contribution >= 4 is 17.7 Å². The zero-order valence-electron chi connectivity index (χ0n) is 21.6. The van der Waals surface area contributed by atoms with Crippen LogP contribution in [0.3, 0.4) is 0 Å². The van der Waals surface area contributed by atoms with Gasteiger partial charge in [0, 0.05) is 35.9 Å². The molecule has 1 aromatic heterocycles. The number of nitrogens with one attached hydrogen (secondary N) is 1. The Labute approximate surface area is 218 Å². The summed E-state index contributed by atoms with van der Waals surface area (Å²) in [5.74, 6) is 2.83. The fourth-order valence-corrected chi connectivity index (χ4v) is 5.67. The molecule has 0 aliphatic heterocycles. The first-order valence-electron chi connectivity index (χ1n) is 12.9. The van der Waals surface area contributed by atoms with Gasteiger partial charge >= 0.3 is 0 Å². The lowest BCUT2D eigenvalue weighted by Crippen LogP contribution is -2.33. The highest BCUT2D eigenvalue weighted by molar-refractivity contribution is 7.99. The molecule has 1 fully saturated rings. The number of ether oxygens (including phenoxy) is 2. The van der Waals surface area contributed by atoms with Crippen LogP contribution < -0.4 is 14.8 Å². The Morgan fingerprint density at radius 1 is 0.972 bits per heavy atom. The molecule has 0 bridgehead atoms. The minimum absolute atomic E-state index is 0.189. The minimum Gasteiger partial charge on any atom is -0.497 e. The Morgan fingerprint density at radius 3 is 2.17 bits per heavy atom. The molecule has 0 saturated heterocycles. The molecule has 1 heterocycles. The van der Waals surface area contributed by atoms with E-state index >= 15 is 0 Å². The minimum atomic E-state index is 0.189. The topological polar surface area (TPSA) is 65.4 Å². The zero-order chi connectivity index (χ0) is 25.3. The summed E-state index contributed by atoms with van der Waals surface area (Å²) < 4.78 is 13.1. The highest BCUT2D eigenvalue weighted by atomic mass is 32.2. The van der Waals surface area contributed by atoms with E-state index in [0.29, 0.717) is 6.54 Å². The van der Waals surface area contributed by atoms with Crippen LogP contribution in [-0.4, -0.2) is 42.0 Å². The Morgan fingerprint density at radius 2 is 1.58 bits per heavy atom. The fraction of sp³-hybridized carbons (Fsp3) is 0.448. The monoisotopic (exact) mass is 507 g/mol. The Bertz CT molecular complexity index is 1120. The molecule has 7 heteroatoms. The molecule has 1 aliphatic rings. The van der Waals surface area contributed by atoms with E-state index in [0.717, 1.165) is 70.7 Å². The van der Waals surface area contributed by atoms with Crippen LogP contribution in [0.5, 0.6) is 11.5 Å². The average molecular weight is 508 g/mol. The molecule has 1 amide bonds. The van der Waals surface area contributed by atoms with Crippen molar-refractivity contribution in [3.05, 3.63) is 48.5 Å². The highest BCUT2D eigenvalue weighted by Crippen LogP contribution is 2.37. The van der Waals surface area contributed by atoms with Gasteiger partial charge in [-0.2, -0.15) is 0 Å². The average Bonchev–Trinajstić information content (AvgIpc) is 3.29. The molecule has 1 saturated carbocycles. The summed E-state index contributed by atoms with van der Waals surface area (Å²) in [6.07, 6.45) is 6.64.